The first-order chi connectivity index (χ1) is 10.8. The Labute approximate surface area is 136 Å². The monoisotopic (exact) mass is 318 g/mol. The molecule has 1 aliphatic rings. The van der Waals surface area contributed by atoms with Crippen molar-refractivity contribution >= 4 is 5.91 Å². The molecule has 124 valence electrons. The lowest BCUT2D eigenvalue weighted by atomic mass is 9.89. The summed E-state index contributed by atoms with van der Waals surface area (Å²) in [5.41, 5.74) is 0.245. The van der Waals surface area contributed by atoms with Gasteiger partial charge in [0.15, 0.2) is 6.10 Å². The van der Waals surface area contributed by atoms with Gasteiger partial charge in [0.25, 0.3) is 5.91 Å². The third kappa shape index (κ3) is 3.31. The standard InChI is InChI=1S/C18H23FN2O2/c1-5-12(2)21-11-18(3,4)16(17(21)22)23-15-7-6-13(10-20)14(8-15)9-19/h6-8,12,16H,5,9,11H2,1-4H3/t12-,16-/m0/s1. The lowest BCUT2D eigenvalue weighted by Gasteiger charge is -2.25. The van der Waals surface area contributed by atoms with Crippen molar-refractivity contribution in [3.05, 3.63) is 29.3 Å². The van der Waals surface area contributed by atoms with Gasteiger partial charge >= 0.3 is 0 Å². The predicted octanol–water partition coefficient (Wildman–Crippen LogP) is 3.44. The summed E-state index contributed by atoms with van der Waals surface area (Å²) >= 11 is 0. The number of hydrogen-bond donors (Lipinski definition) is 0. The maximum absolute atomic E-state index is 13.0. The van der Waals surface area contributed by atoms with Gasteiger partial charge in [-0.3, -0.25) is 4.79 Å². The summed E-state index contributed by atoms with van der Waals surface area (Å²) in [5.74, 6) is 0.393. The minimum atomic E-state index is -0.735. The SMILES string of the molecule is CC[C@H](C)N1CC(C)(C)[C@@H](Oc2ccc(C#N)c(CF)c2)C1=O. The fraction of sp³-hybridized carbons (Fsp3) is 0.556. The molecule has 0 aliphatic carbocycles. The van der Waals surface area contributed by atoms with E-state index in [4.69, 9.17) is 10.00 Å². The minimum absolute atomic E-state index is 0.0319. The molecule has 1 fully saturated rings. The topological polar surface area (TPSA) is 53.3 Å². The molecule has 1 amide bonds. The number of amides is 1. The molecule has 0 radical (unpaired) electrons. The second-order valence-corrected chi connectivity index (χ2v) is 6.77. The summed E-state index contributed by atoms with van der Waals surface area (Å²) in [5, 5.41) is 8.95. The minimum Gasteiger partial charge on any atom is -0.480 e. The largest absolute Gasteiger partial charge is 0.480 e. The van der Waals surface area contributed by atoms with Crippen molar-refractivity contribution in [2.24, 2.45) is 5.41 Å². The summed E-state index contributed by atoms with van der Waals surface area (Å²) < 4.78 is 18.9. The molecule has 0 bridgehead atoms. The third-order valence-corrected chi connectivity index (χ3v) is 4.51. The Hall–Kier alpha value is -2.09. The van der Waals surface area contributed by atoms with E-state index in [1.807, 2.05) is 38.7 Å². The summed E-state index contributed by atoms with van der Waals surface area (Å²) in [6.45, 7) is 7.97. The zero-order chi connectivity index (χ0) is 17.2. The van der Waals surface area contributed by atoms with Gasteiger partial charge in [-0.05, 0) is 31.5 Å². The lowest BCUT2D eigenvalue weighted by molar-refractivity contribution is -0.136. The predicted molar refractivity (Wildman–Crippen MR) is 85.6 cm³/mol. The first kappa shape index (κ1) is 17.3. The molecule has 1 aliphatic heterocycles. The molecule has 1 aromatic rings. The van der Waals surface area contributed by atoms with Gasteiger partial charge in [0.05, 0.1) is 11.6 Å². The fourth-order valence-corrected chi connectivity index (χ4v) is 2.89. The molecule has 4 nitrogen and oxygen atoms in total. The molecule has 1 heterocycles. The molecule has 0 saturated carbocycles. The molecule has 1 saturated heterocycles. The average molecular weight is 318 g/mol. The number of nitriles is 1. The van der Waals surface area contributed by atoms with E-state index in [9.17, 15) is 9.18 Å². The highest BCUT2D eigenvalue weighted by atomic mass is 19.1. The number of likely N-dealkylation sites (tertiary alicyclic amines) is 1. The number of carbonyl (C=O) groups excluding carboxylic acids is 1. The van der Waals surface area contributed by atoms with E-state index in [2.05, 4.69) is 0 Å². The van der Waals surface area contributed by atoms with Gasteiger partial charge in [-0.15, -0.1) is 0 Å². The van der Waals surface area contributed by atoms with E-state index in [0.29, 0.717) is 12.3 Å². The van der Waals surface area contributed by atoms with Crippen LogP contribution in [0.5, 0.6) is 5.75 Å². The number of alkyl halides is 1. The first-order valence-electron chi connectivity index (χ1n) is 7.90. The van der Waals surface area contributed by atoms with Gasteiger partial charge in [-0.25, -0.2) is 4.39 Å². The normalized spacial score (nSPS) is 21.1. The Morgan fingerprint density at radius 1 is 1.52 bits per heavy atom. The van der Waals surface area contributed by atoms with Crippen LogP contribution >= 0.6 is 0 Å². The van der Waals surface area contributed by atoms with Crippen LogP contribution in [0, 0.1) is 16.7 Å². The van der Waals surface area contributed by atoms with Crippen molar-refractivity contribution in [1.82, 2.24) is 4.90 Å². The maximum Gasteiger partial charge on any atom is 0.264 e. The van der Waals surface area contributed by atoms with E-state index in [-0.39, 0.29) is 28.5 Å². The molecular weight excluding hydrogens is 295 g/mol. The van der Waals surface area contributed by atoms with Gasteiger partial charge in [0.1, 0.15) is 12.4 Å². The summed E-state index contributed by atoms with van der Waals surface area (Å²) in [4.78, 5) is 14.5. The lowest BCUT2D eigenvalue weighted by Crippen LogP contribution is -2.39. The number of benzene rings is 1. The average Bonchev–Trinajstić information content (AvgIpc) is 2.77. The van der Waals surface area contributed by atoms with Crippen molar-refractivity contribution < 1.29 is 13.9 Å². The molecule has 2 atom stereocenters. The van der Waals surface area contributed by atoms with Gasteiger partial charge in [0.2, 0.25) is 0 Å². The van der Waals surface area contributed by atoms with Crippen LogP contribution in [0.25, 0.3) is 0 Å². The zero-order valence-corrected chi connectivity index (χ0v) is 14.1. The van der Waals surface area contributed by atoms with Crippen molar-refractivity contribution in [3.63, 3.8) is 0 Å². The number of rotatable bonds is 5. The van der Waals surface area contributed by atoms with Gasteiger partial charge in [0, 0.05) is 23.6 Å². The molecule has 1 aromatic carbocycles. The maximum atomic E-state index is 13.0. The number of hydrogen-bond acceptors (Lipinski definition) is 3. The highest BCUT2D eigenvalue weighted by molar-refractivity contribution is 5.85. The van der Waals surface area contributed by atoms with Gasteiger partial charge < -0.3 is 9.64 Å². The summed E-state index contributed by atoms with van der Waals surface area (Å²) in [7, 11) is 0. The first-order valence-corrected chi connectivity index (χ1v) is 7.90. The van der Waals surface area contributed by atoms with E-state index in [0.717, 1.165) is 6.42 Å². The molecule has 0 N–H and O–H groups in total. The second-order valence-electron chi connectivity index (χ2n) is 6.77. The fourth-order valence-electron chi connectivity index (χ4n) is 2.89. The Morgan fingerprint density at radius 3 is 2.78 bits per heavy atom. The van der Waals surface area contributed by atoms with Crippen molar-refractivity contribution in [2.45, 2.75) is 52.9 Å². The highest BCUT2D eigenvalue weighted by Crippen LogP contribution is 2.35. The highest BCUT2D eigenvalue weighted by Gasteiger charge is 2.49. The van der Waals surface area contributed by atoms with Crippen molar-refractivity contribution in [2.75, 3.05) is 6.54 Å². The van der Waals surface area contributed by atoms with Crippen LogP contribution in [0.4, 0.5) is 4.39 Å². The quantitative estimate of drug-likeness (QED) is 0.835. The van der Waals surface area contributed by atoms with Crippen LogP contribution in [0.15, 0.2) is 18.2 Å². The van der Waals surface area contributed by atoms with Gasteiger partial charge in [-0.2, -0.15) is 5.26 Å². The summed E-state index contributed by atoms with van der Waals surface area (Å²) in [6.07, 6.45) is 0.286. The van der Waals surface area contributed by atoms with E-state index in [1.165, 1.54) is 12.1 Å². The smallest absolute Gasteiger partial charge is 0.264 e. The van der Waals surface area contributed by atoms with Crippen molar-refractivity contribution in [1.29, 1.82) is 5.26 Å². The van der Waals surface area contributed by atoms with Crippen LogP contribution in [0.1, 0.15) is 45.2 Å². The van der Waals surface area contributed by atoms with E-state index >= 15 is 0 Å². The molecule has 0 spiro atoms. The Kier molecular flexibility index (Phi) is 4.93. The Bertz CT molecular complexity index is 636. The molecule has 0 aromatic heterocycles. The van der Waals surface area contributed by atoms with Gasteiger partial charge in [-0.1, -0.05) is 20.8 Å². The second kappa shape index (κ2) is 6.57. The Morgan fingerprint density at radius 2 is 2.22 bits per heavy atom. The van der Waals surface area contributed by atoms with E-state index in [1.54, 1.807) is 6.07 Å². The Balaban J connectivity index is 2.25. The third-order valence-electron chi connectivity index (χ3n) is 4.51. The van der Waals surface area contributed by atoms with E-state index < -0.39 is 12.8 Å². The number of carbonyl (C=O) groups is 1. The zero-order valence-electron chi connectivity index (χ0n) is 14.1. The molecule has 2 rings (SSSR count). The van der Waals surface area contributed by atoms with Crippen LogP contribution in [0.3, 0.4) is 0 Å². The summed E-state index contributed by atoms with van der Waals surface area (Å²) in [6, 6.07) is 6.77. The molecule has 0 unspecified atom stereocenters. The number of halogens is 1. The van der Waals surface area contributed by atoms with Crippen LogP contribution in [-0.4, -0.2) is 29.5 Å². The van der Waals surface area contributed by atoms with Crippen molar-refractivity contribution in [3.8, 4) is 11.8 Å². The van der Waals surface area contributed by atoms with Crippen LogP contribution < -0.4 is 4.74 Å². The van der Waals surface area contributed by atoms with Crippen LogP contribution in [0.2, 0.25) is 0 Å². The number of nitrogens with zero attached hydrogens (tertiary/aromatic N) is 2. The molecular formula is C18H23FN2O2. The molecule has 23 heavy (non-hydrogen) atoms. The number of ether oxygens (including phenoxy) is 1. The van der Waals surface area contributed by atoms with Crippen LogP contribution in [-0.2, 0) is 11.5 Å². The molecule has 5 heteroatoms.